The molecule has 1 aliphatic heterocycles. The van der Waals surface area contributed by atoms with E-state index in [0.717, 1.165) is 38.8 Å². The lowest BCUT2D eigenvalue weighted by Crippen LogP contribution is -2.33. The zero-order chi connectivity index (χ0) is 30.0. The maximum absolute atomic E-state index is 11.7. The van der Waals surface area contributed by atoms with Gasteiger partial charge in [-0.05, 0) is 32.4 Å². The number of esters is 1. The van der Waals surface area contributed by atoms with Gasteiger partial charge in [0.1, 0.15) is 6.61 Å². The first-order valence-electron chi connectivity index (χ1n) is 16.3. The highest BCUT2D eigenvalue weighted by atomic mass is 16.6. The van der Waals surface area contributed by atoms with Crippen LogP contribution in [0.3, 0.4) is 0 Å². The van der Waals surface area contributed by atoms with Crippen LogP contribution in [0.2, 0.25) is 0 Å². The number of carbonyl (C=O) groups excluding carboxylic acids is 1. The van der Waals surface area contributed by atoms with Crippen LogP contribution >= 0.6 is 0 Å². The second-order valence-corrected chi connectivity index (χ2v) is 10.2. The highest BCUT2D eigenvalue weighted by Gasteiger charge is 2.12. The lowest BCUT2D eigenvalue weighted by Gasteiger charge is -2.22. The van der Waals surface area contributed by atoms with Crippen LogP contribution < -0.4 is 5.32 Å². The maximum atomic E-state index is 11.7. The molecule has 0 unspecified atom stereocenters. The van der Waals surface area contributed by atoms with Crippen LogP contribution in [0.1, 0.15) is 71.1 Å². The van der Waals surface area contributed by atoms with E-state index in [-0.39, 0.29) is 5.97 Å². The third-order valence-corrected chi connectivity index (χ3v) is 6.57. The van der Waals surface area contributed by atoms with Gasteiger partial charge in [-0.1, -0.05) is 45.4 Å². The minimum absolute atomic E-state index is 0.135. The Kier molecular flexibility index (Phi) is 30.8. The fraction of sp³-hybridized carbons (Fsp3) is 0.968. The standard InChI is InChI=1S/C31H61NO10/c1-2-3-4-5-6-7-8-9-31(33)42-29-27-40-25-23-38-21-19-36-17-15-34-14-16-35-18-20-37-22-24-39-26-28-41-30-10-12-32-13-11-30/h30,32H,2-29H2,1H3. The average molecular weight is 608 g/mol. The molecule has 0 aromatic rings. The van der Waals surface area contributed by atoms with Gasteiger partial charge in [0.15, 0.2) is 0 Å². The first-order chi connectivity index (χ1) is 20.8. The molecule has 0 saturated carbocycles. The predicted octanol–water partition coefficient (Wildman–Crippen LogP) is 3.56. The molecular weight excluding hydrogens is 546 g/mol. The molecule has 42 heavy (non-hydrogen) atoms. The largest absolute Gasteiger partial charge is 0.463 e. The smallest absolute Gasteiger partial charge is 0.305 e. The van der Waals surface area contributed by atoms with E-state index >= 15 is 0 Å². The fourth-order valence-electron chi connectivity index (χ4n) is 4.17. The Morgan fingerprint density at radius 2 is 0.905 bits per heavy atom. The van der Waals surface area contributed by atoms with Crippen LogP contribution in [0, 0.1) is 0 Å². The van der Waals surface area contributed by atoms with Crippen LogP contribution in [-0.2, 0) is 47.4 Å². The SMILES string of the molecule is CCCCCCCCCC(=O)OCCOCCOCCOCCOCCOCCOCCOCCOC1CCNCC1. The van der Waals surface area contributed by atoms with Gasteiger partial charge in [0.2, 0.25) is 0 Å². The Labute approximate surface area is 254 Å². The normalized spacial score (nSPS) is 14.0. The van der Waals surface area contributed by atoms with Gasteiger partial charge in [-0.25, -0.2) is 0 Å². The quantitative estimate of drug-likeness (QED) is 0.0873. The molecule has 0 aromatic carbocycles. The van der Waals surface area contributed by atoms with Gasteiger partial charge in [0, 0.05) is 6.42 Å². The molecule has 11 heteroatoms. The van der Waals surface area contributed by atoms with Crippen molar-refractivity contribution in [1.82, 2.24) is 5.32 Å². The predicted molar refractivity (Wildman–Crippen MR) is 161 cm³/mol. The van der Waals surface area contributed by atoms with E-state index in [4.69, 9.17) is 42.6 Å². The molecule has 0 atom stereocenters. The van der Waals surface area contributed by atoms with Gasteiger partial charge < -0.3 is 47.9 Å². The number of nitrogens with one attached hydrogen (secondary N) is 1. The minimum atomic E-state index is -0.135. The van der Waals surface area contributed by atoms with Gasteiger partial charge in [-0.2, -0.15) is 0 Å². The minimum Gasteiger partial charge on any atom is -0.463 e. The molecule has 0 aliphatic carbocycles. The first-order valence-corrected chi connectivity index (χ1v) is 16.3. The van der Waals surface area contributed by atoms with Crippen LogP contribution in [0.4, 0.5) is 0 Å². The summed E-state index contributed by atoms with van der Waals surface area (Å²) in [4.78, 5) is 11.7. The Hall–Kier alpha value is -0.890. The number of hydrogen-bond donors (Lipinski definition) is 1. The third-order valence-electron chi connectivity index (χ3n) is 6.57. The number of hydrogen-bond acceptors (Lipinski definition) is 11. The van der Waals surface area contributed by atoms with E-state index in [1.54, 1.807) is 0 Å². The Bertz CT molecular complexity index is 552. The number of ether oxygens (including phenoxy) is 9. The lowest BCUT2D eigenvalue weighted by atomic mass is 10.1. The van der Waals surface area contributed by atoms with Crippen molar-refractivity contribution in [2.24, 2.45) is 0 Å². The van der Waals surface area contributed by atoms with E-state index in [0.29, 0.717) is 118 Å². The van der Waals surface area contributed by atoms with Crippen molar-refractivity contribution in [2.75, 3.05) is 119 Å². The van der Waals surface area contributed by atoms with E-state index in [2.05, 4.69) is 12.2 Å². The highest BCUT2D eigenvalue weighted by Crippen LogP contribution is 2.09. The molecule has 250 valence electrons. The van der Waals surface area contributed by atoms with Crippen LogP contribution in [0.25, 0.3) is 0 Å². The van der Waals surface area contributed by atoms with Gasteiger partial charge in [0.25, 0.3) is 0 Å². The second-order valence-electron chi connectivity index (χ2n) is 10.2. The summed E-state index contributed by atoms with van der Waals surface area (Å²) in [6.45, 7) is 12.4. The summed E-state index contributed by atoms with van der Waals surface area (Å²) in [5.41, 5.74) is 0. The molecule has 1 saturated heterocycles. The average Bonchev–Trinajstić information content (AvgIpc) is 3.01. The first kappa shape index (κ1) is 39.1. The van der Waals surface area contributed by atoms with Crippen molar-refractivity contribution in [3.63, 3.8) is 0 Å². The summed E-state index contributed by atoms with van der Waals surface area (Å²) in [7, 11) is 0. The van der Waals surface area contributed by atoms with Crippen LogP contribution in [0.5, 0.6) is 0 Å². The van der Waals surface area contributed by atoms with Crippen molar-refractivity contribution in [3.05, 3.63) is 0 Å². The van der Waals surface area contributed by atoms with Crippen molar-refractivity contribution in [2.45, 2.75) is 77.2 Å². The molecule has 1 fully saturated rings. The van der Waals surface area contributed by atoms with Crippen LogP contribution in [0.15, 0.2) is 0 Å². The Balaban J connectivity index is 1.64. The summed E-state index contributed by atoms with van der Waals surface area (Å²) in [5, 5.41) is 3.33. The van der Waals surface area contributed by atoms with Crippen LogP contribution in [-0.4, -0.2) is 131 Å². The molecular formula is C31H61NO10. The van der Waals surface area contributed by atoms with E-state index in [1.807, 2.05) is 0 Å². The Morgan fingerprint density at radius 1 is 0.524 bits per heavy atom. The molecule has 0 spiro atoms. The molecule has 11 nitrogen and oxygen atoms in total. The third kappa shape index (κ3) is 29.2. The summed E-state index contributed by atoms with van der Waals surface area (Å²) in [6.07, 6.45) is 11.4. The zero-order valence-electron chi connectivity index (χ0n) is 26.5. The zero-order valence-corrected chi connectivity index (χ0v) is 26.5. The molecule has 0 radical (unpaired) electrons. The maximum Gasteiger partial charge on any atom is 0.305 e. The number of piperidine rings is 1. The summed E-state index contributed by atoms with van der Waals surface area (Å²) < 4.78 is 49.3. The summed E-state index contributed by atoms with van der Waals surface area (Å²) in [6, 6.07) is 0. The molecule has 1 N–H and O–H groups in total. The van der Waals surface area contributed by atoms with E-state index in [1.165, 1.54) is 32.1 Å². The van der Waals surface area contributed by atoms with Crippen molar-refractivity contribution in [1.29, 1.82) is 0 Å². The molecule has 0 amide bonds. The summed E-state index contributed by atoms with van der Waals surface area (Å²) in [5.74, 6) is -0.135. The topological polar surface area (TPSA) is 112 Å². The fourth-order valence-corrected chi connectivity index (χ4v) is 4.17. The Morgan fingerprint density at radius 3 is 1.36 bits per heavy atom. The van der Waals surface area contributed by atoms with Gasteiger partial charge >= 0.3 is 5.97 Å². The number of carbonyl (C=O) groups is 1. The van der Waals surface area contributed by atoms with E-state index < -0.39 is 0 Å². The molecule has 0 bridgehead atoms. The van der Waals surface area contributed by atoms with Gasteiger partial charge in [-0.15, -0.1) is 0 Å². The van der Waals surface area contributed by atoms with Crippen molar-refractivity contribution in [3.8, 4) is 0 Å². The molecule has 1 aliphatic rings. The molecule has 1 rings (SSSR count). The molecule has 0 aromatic heterocycles. The van der Waals surface area contributed by atoms with Crippen molar-refractivity contribution < 1.29 is 47.4 Å². The lowest BCUT2D eigenvalue weighted by molar-refractivity contribution is -0.145. The monoisotopic (exact) mass is 607 g/mol. The molecule has 1 heterocycles. The van der Waals surface area contributed by atoms with E-state index in [9.17, 15) is 4.79 Å². The number of unbranched alkanes of at least 4 members (excludes halogenated alkanes) is 6. The summed E-state index contributed by atoms with van der Waals surface area (Å²) >= 11 is 0. The second kappa shape index (κ2) is 33.0. The highest BCUT2D eigenvalue weighted by molar-refractivity contribution is 5.69. The van der Waals surface area contributed by atoms with Gasteiger partial charge in [0.05, 0.1) is 105 Å². The van der Waals surface area contributed by atoms with Gasteiger partial charge in [-0.3, -0.25) is 4.79 Å². The van der Waals surface area contributed by atoms with Crippen molar-refractivity contribution >= 4 is 5.97 Å². The number of rotatable bonds is 33.